The molecule has 1 amide bonds. The van der Waals surface area contributed by atoms with E-state index in [1.807, 2.05) is 0 Å². The van der Waals surface area contributed by atoms with Gasteiger partial charge in [-0.05, 0) is 25.7 Å². The van der Waals surface area contributed by atoms with E-state index >= 15 is 0 Å². The minimum atomic E-state index is -0.861. The van der Waals surface area contributed by atoms with E-state index in [2.05, 4.69) is 33.0 Å². The molecule has 0 aromatic heterocycles. The minimum Gasteiger partial charge on any atom is -0.465 e. The smallest absolute Gasteiger partial charge is 0.465 e. The third-order valence-electron chi connectivity index (χ3n) is 14.3. The standard InChI is InChI=1S/C60H120INO4/c1-5-9-13-17-31-39-48-57(47-37-15-11-7-3)59(64)62-54-44-35-29-25-21-19-23-27-33-41-51-61(53-43-45-55-63)52-42-34-28-24-20-22-26-30-36-46-56-66-60(65)58(49-38-16-12-8-4)50-40-32-18-14-10-6-2/h57-58,63H,5-56H2,1-4H3,(H,62,64). The van der Waals surface area contributed by atoms with Gasteiger partial charge in [0.15, 0.2) is 0 Å². The Balaban J connectivity index is 3.96. The van der Waals surface area contributed by atoms with Gasteiger partial charge in [0, 0.05) is 5.92 Å². The summed E-state index contributed by atoms with van der Waals surface area (Å²) in [5, 5.41) is 12.7. The van der Waals surface area contributed by atoms with Crippen LogP contribution in [0.1, 0.15) is 323 Å². The first-order valence-electron chi connectivity index (χ1n) is 30.2. The molecule has 0 radical (unpaired) electrons. The second-order valence-corrected chi connectivity index (χ2v) is 27.3. The molecule has 0 saturated heterocycles. The Morgan fingerprint density at radius 1 is 0.379 bits per heavy atom. The first-order valence-corrected chi connectivity index (χ1v) is 34.7. The number of carbonyl (C=O) groups excluding carboxylic acids is 2. The predicted molar refractivity (Wildman–Crippen MR) is 302 cm³/mol. The molecule has 66 heavy (non-hydrogen) atoms. The van der Waals surface area contributed by atoms with Crippen LogP contribution < -0.4 is 5.32 Å². The minimum absolute atomic E-state index is 0.0911. The van der Waals surface area contributed by atoms with E-state index in [1.165, 1.54) is 255 Å². The zero-order valence-electron chi connectivity index (χ0n) is 45.5. The molecule has 2 N–H and O–H groups in total. The zero-order valence-corrected chi connectivity index (χ0v) is 47.6. The number of esters is 1. The number of hydrogen-bond acceptors (Lipinski definition) is 4. The molecular formula is C60H120INO4. The molecule has 2 unspecified atom stereocenters. The van der Waals surface area contributed by atoms with Crippen molar-refractivity contribution in [3.8, 4) is 0 Å². The van der Waals surface area contributed by atoms with E-state index in [4.69, 9.17) is 4.74 Å². The number of halogens is 1. The molecule has 0 heterocycles. The van der Waals surface area contributed by atoms with Gasteiger partial charge in [-0.1, -0.05) is 156 Å². The van der Waals surface area contributed by atoms with E-state index in [0.29, 0.717) is 19.1 Å². The van der Waals surface area contributed by atoms with Crippen LogP contribution in [0.4, 0.5) is 0 Å². The van der Waals surface area contributed by atoms with Gasteiger partial charge in [0.2, 0.25) is 5.91 Å². The maximum absolute atomic E-state index is 13.0. The summed E-state index contributed by atoms with van der Waals surface area (Å²) in [4.78, 5) is 26.0. The summed E-state index contributed by atoms with van der Waals surface area (Å²) in [6.07, 6.45) is 58.8. The van der Waals surface area contributed by atoms with Gasteiger partial charge in [-0.2, -0.15) is 0 Å². The number of alkyl halides is 3. The molecule has 0 aliphatic rings. The van der Waals surface area contributed by atoms with Crippen LogP contribution in [0.3, 0.4) is 0 Å². The molecule has 0 rings (SSSR count). The number of amides is 1. The summed E-state index contributed by atoms with van der Waals surface area (Å²) in [5.41, 5.74) is 0. The number of ether oxygens (including phenoxy) is 1. The van der Waals surface area contributed by atoms with Crippen LogP contribution in [0, 0.1) is 11.8 Å². The van der Waals surface area contributed by atoms with Crippen molar-refractivity contribution in [2.75, 3.05) is 33.0 Å². The Labute approximate surface area is 422 Å². The summed E-state index contributed by atoms with van der Waals surface area (Å²) < 4.78 is 10.4. The molecule has 0 bridgehead atoms. The van der Waals surface area contributed by atoms with Gasteiger partial charge in [0.05, 0.1) is 5.92 Å². The van der Waals surface area contributed by atoms with Crippen molar-refractivity contribution < 1.29 is 19.4 Å². The molecule has 0 aliphatic carbocycles. The van der Waals surface area contributed by atoms with E-state index in [0.717, 1.165) is 51.5 Å². The van der Waals surface area contributed by atoms with Gasteiger partial charge < -0.3 is 10.1 Å². The molecular weight excluding hydrogens is 926 g/mol. The molecule has 0 aliphatic heterocycles. The van der Waals surface area contributed by atoms with Crippen LogP contribution in [-0.4, -0.2) is 50.0 Å². The quantitative estimate of drug-likeness (QED) is 0.0275. The molecule has 0 fully saturated rings. The summed E-state index contributed by atoms with van der Waals surface area (Å²) in [6, 6.07) is 0. The normalized spacial score (nSPS) is 12.7. The molecule has 0 aromatic rings. The van der Waals surface area contributed by atoms with E-state index in [-0.39, 0.29) is 17.8 Å². The van der Waals surface area contributed by atoms with Gasteiger partial charge in [0.1, 0.15) is 0 Å². The Hall–Kier alpha value is -0.370. The summed E-state index contributed by atoms with van der Waals surface area (Å²) in [7, 11) is 0. The maximum atomic E-state index is 13.0. The number of carbonyl (C=O) groups is 2. The van der Waals surface area contributed by atoms with Crippen LogP contribution in [-0.2, 0) is 14.3 Å². The van der Waals surface area contributed by atoms with Crippen molar-refractivity contribution in [1.29, 1.82) is 0 Å². The van der Waals surface area contributed by atoms with Crippen LogP contribution in [0.5, 0.6) is 0 Å². The van der Waals surface area contributed by atoms with Crippen molar-refractivity contribution in [3.63, 3.8) is 0 Å². The summed E-state index contributed by atoms with van der Waals surface area (Å²) >= 11 is -0.861. The van der Waals surface area contributed by atoms with Gasteiger partial charge in [0.25, 0.3) is 0 Å². The molecule has 6 heteroatoms. The van der Waals surface area contributed by atoms with Gasteiger partial charge in [-0.3, -0.25) is 9.59 Å². The SMILES string of the molecule is CCCCCCCCC(CCCCCC)C(=O)NCCCCCCCCCCCCI(CCCCO)CCCCCCCCCCCCOC(=O)C(CCCCCC)CCCCCCCC. The van der Waals surface area contributed by atoms with E-state index < -0.39 is 19.8 Å². The van der Waals surface area contributed by atoms with Crippen molar-refractivity contribution in [2.45, 2.75) is 323 Å². The third kappa shape index (κ3) is 47.3. The molecule has 396 valence electrons. The summed E-state index contributed by atoms with van der Waals surface area (Å²) in [6.45, 7) is 10.9. The van der Waals surface area contributed by atoms with Gasteiger partial charge in [-0.15, -0.1) is 0 Å². The van der Waals surface area contributed by atoms with E-state index in [1.54, 1.807) is 8.86 Å². The second kappa shape index (κ2) is 55.6. The van der Waals surface area contributed by atoms with Gasteiger partial charge >= 0.3 is 205 Å². The fraction of sp³-hybridized carbons (Fsp3) is 0.967. The number of aliphatic hydroxyl groups is 1. The summed E-state index contributed by atoms with van der Waals surface area (Å²) in [5.74, 6) is 0.794. The molecule has 2 atom stereocenters. The third-order valence-corrected chi connectivity index (χ3v) is 21.2. The van der Waals surface area contributed by atoms with Crippen LogP contribution in [0.25, 0.3) is 0 Å². The molecule has 0 spiro atoms. The number of nitrogens with one attached hydrogen (secondary N) is 1. The Morgan fingerprint density at radius 2 is 0.682 bits per heavy atom. The van der Waals surface area contributed by atoms with Crippen LogP contribution in [0.15, 0.2) is 0 Å². The number of aliphatic hydroxyl groups excluding tert-OH is 1. The number of unbranched alkanes of at least 4 members (excludes halogenated alkanes) is 35. The number of hydrogen-bond donors (Lipinski definition) is 2. The van der Waals surface area contributed by atoms with E-state index in [9.17, 15) is 14.7 Å². The monoisotopic (exact) mass is 1050 g/mol. The van der Waals surface area contributed by atoms with Crippen molar-refractivity contribution in [3.05, 3.63) is 0 Å². The first kappa shape index (κ1) is 65.6. The predicted octanol–water partition coefficient (Wildman–Crippen LogP) is 19.4. The van der Waals surface area contributed by atoms with Crippen molar-refractivity contribution >= 4 is 31.7 Å². The van der Waals surface area contributed by atoms with Crippen LogP contribution >= 0.6 is 19.8 Å². The fourth-order valence-electron chi connectivity index (χ4n) is 9.71. The first-order chi connectivity index (χ1) is 32.5. The average Bonchev–Trinajstić information content (AvgIpc) is 3.32. The molecule has 5 nitrogen and oxygen atoms in total. The Morgan fingerprint density at radius 3 is 1.08 bits per heavy atom. The molecule has 0 aromatic carbocycles. The van der Waals surface area contributed by atoms with Gasteiger partial charge in [-0.25, -0.2) is 0 Å². The number of rotatable bonds is 56. The molecule has 0 saturated carbocycles. The van der Waals surface area contributed by atoms with Crippen LogP contribution in [0.2, 0.25) is 0 Å². The zero-order chi connectivity index (χ0) is 48.1. The Kier molecular flexibility index (Phi) is 55.2. The van der Waals surface area contributed by atoms with Crippen molar-refractivity contribution in [1.82, 2.24) is 5.32 Å². The van der Waals surface area contributed by atoms with Crippen molar-refractivity contribution in [2.24, 2.45) is 11.8 Å². The topological polar surface area (TPSA) is 75.6 Å². The Bertz CT molecular complexity index is 893. The fourth-order valence-corrected chi connectivity index (χ4v) is 16.2. The second-order valence-electron chi connectivity index (χ2n) is 20.8. The average molecular weight is 1050 g/mol.